The minimum Gasteiger partial charge on any atom is -0.375 e. The Bertz CT molecular complexity index is 138. The van der Waals surface area contributed by atoms with Crippen molar-refractivity contribution in [2.45, 2.75) is 13.3 Å². The molecule has 0 fully saturated rings. The lowest BCUT2D eigenvalue weighted by atomic mass is 10.3. The van der Waals surface area contributed by atoms with Gasteiger partial charge in [-0.2, -0.15) is 0 Å². The zero-order valence-corrected chi connectivity index (χ0v) is 8.59. The number of ketones is 1. The molecule has 0 bridgehead atoms. The topological polar surface area (TPSA) is 26.3 Å². The fraction of sp³-hybridized carbons (Fsp3) is 0.889. The number of quaternary nitrogens is 1. The van der Waals surface area contributed by atoms with E-state index >= 15 is 0 Å². The van der Waals surface area contributed by atoms with Crippen molar-refractivity contribution >= 4 is 5.78 Å². The van der Waals surface area contributed by atoms with Gasteiger partial charge < -0.3 is 9.22 Å². The zero-order valence-electron chi connectivity index (χ0n) is 8.59. The molecule has 0 saturated heterocycles. The van der Waals surface area contributed by atoms with Gasteiger partial charge >= 0.3 is 0 Å². The Labute approximate surface area is 74.9 Å². The molecule has 0 unspecified atom stereocenters. The Hall–Kier alpha value is -0.410. The van der Waals surface area contributed by atoms with Crippen molar-refractivity contribution in [1.82, 2.24) is 0 Å². The summed E-state index contributed by atoms with van der Waals surface area (Å²) in [7, 11) is 6.36. The normalized spacial score (nSPS) is 11.7. The second kappa shape index (κ2) is 5.27. The highest BCUT2D eigenvalue weighted by molar-refractivity contribution is 5.75. The maximum Gasteiger partial charge on any atom is 0.132 e. The van der Waals surface area contributed by atoms with Crippen molar-refractivity contribution in [3.63, 3.8) is 0 Å². The predicted octanol–water partition coefficient (Wildman–Crippen LogP) is 0.688. The van der Waals surface area contributed by atoms with E-state index in [1.165, 1.54) is 0 Å². The molecule has 0 amide bonds. The maximum absolute atomic E-state index is 10.5. The molecule has 0 N–H and O–H groups in total. The molecule has 3 heteroatoms. The smallest absolute Gasteiger partial charge is 0.132 e. The molecule has 0 aliphatic carbocycles. The van der Waals surface area contributed by atoms with Gasteiger partial charge in [0.05, 0.1) is 34.4 Å². The number of ether oxygens (including phenoxy) is 1. The van der Waals surface area contributed by atoms with Crippen LogP contribution in [0.5, 0.6) is 0 Å². The highest BCUT2D eigenvalue weighted by atomic mass is 16.5. The third kappa shape index (κ3) is 9.59. The maximum atomic E-state index is 10.5. The molecule has 12 heavy (non-hydrogen) atoms. The molecule has 0 aliphatic rings. The highest BCUT2D eigenvalue weighted by Crippen LogP contribution is 1.90. The number of carbonyl (C=O) groups is 1. The van der Waals surface area contributed by atoms with E-state index in [-0.39, 0.29) is 5.78 Å². The van der Waals surface area contributed by atoms with Gasteiger partial charge in [-0.05, 0) is 6.92 Å². The van der Waals surface area contributed by atoms with Gasteiger partial charge in [0.1, 0.15) is 12.3 Å². The highest BCUT2D eigenvalue weighted by Gasteiger charge is 2.05. The van der Waals surface area contributed by atoms with Crippen LogP contribution in [0.15, 0.2) is 0 Å². The summed E-state index contributed by atoms with van der Waals surface area (Å²) >= 11 is 0. The average Bonchev–Trinajstić information content (AvgIpc) is 1.83. The van der Waals surface area contributed by atoms with Crippen LogP contribution in [0.3, 0.4) is 0 Å². The van der Waals surface area contributed by atoms with E-state index in [2.05, 4.69) is 21.1 Å². The van der Waals surface area contributed by atoms with E-state index in [9.17, 15) is 4.79 Å². The summed E-state index contributed by atoms with van der Waals surface area (Å²) in [5.41, 5.74) is 0. The van der Waals surface area contributed by atoms with Crippen LogP contribution >= 0.6 is 0 Å². The Morgan fingerprint density at radius 2 is 1.83 bits per heavy atom. The first-order chi connectivity index (χ1) is 5.42. The van der Waals surface area contributed by atoms with Gasteiger partial charge in [0.2, 0.25) is 0 Å². The standard InChI is InChI=1S/C9H20NO2/c1-9(11)5-7-12-8-6-10(2,3)4/h5-8H2,1-4H3/q+1. The Balaban J connectivity index is 3.17. The van der Waals surface area contributed by atoms with Crippen molar-refractivity contribution < 1.29 is 14.0 Å². The number of hydrogen-bond donors (Lipinski definition) is 0. The third-order valence-electron chi connectivity index (χ3n) is 1.50. The van der Waals surface area contributed by atoms with Crippen LogP contribution in [0.25, 0.3) is 0 Å². The number of carbonyl (C=O) groups excluding carboxylic acids is 1. The van der Waals surface area contributed by atoms with E-state index in [0.29, 0.717) is 13.0 Å². The minimum atomic E-state index is 0.195. The summed E-state index contributed by atoms with van der Waals surface area (Å²) in [4.78, 5) is 10.5. The molecule has 0 saturated carbocycles. The average molecular weight is 174 g/mol. The van der Waals surface area contributed by atoms with Gasteiger partial charge in [0, 0.05) is 6.42 Å². The van der Waals surface area contributed by atoms with Crippen LogP contribution in [0.4, 0.5) is 0 Å². The van der Waals surface area contributed by atoms with Crippen LogP contribution in [0, 0.1) is 0 Å². The van der Waals surface area contributed by atoms with Crippen molar-refractivity contribution in [3.05, 3.63) is 0 Å². The first-order valence-electron chi connectivity index (χ1n) is 4.29. The lowest BCUT2D eigenvalue weighted by Crippen LogP contribution is -2.37. The molecule has 0 aromatic carbocycles. The van der Waals surface area contributed by atoms with Crippen LogP contribution in [-0.2, 0) is 9.53 Å². The molecular formula is C9H20NO2+. The van der Waals surface area contributed by atoms with Gasteiger partial charge in [-0.25, -0.2) is 0 Å². The minimum absolute atomic E-state index is 0.195. The lowest BCUT2D eigenvalue weighted by Gasteiger charge is -2.23. The monoisotopic (exact) mass is 174 g/mol. The Kier molecular flexibility index (Phi) is 5.09. The summed E-state index contributed by atoms with van der Waals surface area (Å²) in [5, 5.41) is 0. The van der Waals surface area contributed by atoms with Gasteiger partial charge in [-0.3, -0.25) is 4.79 Å². The first kappa shape index (κ1) is 11.6. The number of rotatable bonds is 6. The summed E-state index contributed by atoms with van der Waals surface area (Å²) in [6, 6.07) is 0. The Morgan fingerprint density at radius 1 is 1.25 bits per heavy atom. The summed E-state index contributed by atoms with van der Waals surface area (Å²) in [6.45, 7) is 3.87. The second-order valence-electron chi connectivity index (χ2n) is 4.08. The SMILES string of the molecule is CC(=O)CCOCC[N+](C)(C)C. The van der Waals surface area contributed by atoms with E-state index in [4.69, 9.17) is 4.74 Å². The van der Waals surface area contributed by atoms with Crippen molar-refractivity contribution in [2.24, 2.45) is 0 Å². The quantitative estimate of drug-likeness (QED) is 0.437. The number of hydrogen-bond acceptors (Lipinski definition) is 2. The zero-order chi connectivity index (χ0) is 9.61. The summed E-state index contributed by atoms with van der Waals surface area (Å²) in [6.07, 6.45) is 0.539. The fourth-order valence-corrected chi connectivity index (χ4v) is 0.656. The van der Waals surface area contributed by atoms with Gasteiger partial charge in [0.15, 0.2) is 0 Å². The van der Waals surface area contributed by atoms with Crippen LogP contribution in [-0.4, -0.2) is 51.2 Å². The third-order valence-corrected chi connectivity index (χ3v) is 1.50. The molecule has 0 aliphatic heterocycles. The van der Waals surface area contributed by atoms with E-state index in [1.807, 2.05) is 0 Å². The van der Waals surface area contributed by atoms with Crippen LogP contribution < -0.4 is 0 Å². The van der Waals surface area contributed by atoms with Crippen LogP contribution in [0.1, 0.15) is 13.3 Å². The molecule has 0 spiro atoms. The largest absolute Gasteiger partial charge is 0.375 e. The van der Waals surface area contributed by atoms with E-state index < -0.39 is 0 Å². The molecular weight excluding hydrogens is 154 g/mol. The molecule has 0 atom stereocenters. The molecule has 3 nitrogen and oxygen atoms in total. The summed E-state index contributed by atoms with van der Waals surface area (Å²) < 4.78 is 6.19. The molecule has 72 valence electrons. The van der Waals surface area contributed by atoms with Crippen molar-refractivity contribution in [1.29, 1.82) is 0 Å². The van der Waals surface area contributed by atoms with Gasteiger partial charge in [0.25, 0.3) is 0 Å². The first-order valence-corrected chi connectivity index (χ1v) is 4.29. The molecule has 0 radical (unpaired) electrons. The fourth-order valence-electron chi connectivity index (χ4n) is 0.656. The summed E-state index contributed by atoms with van der Waals surface area (Å²) in [5.74, 6) is 0.195. The Morgan fingerprint density at radius 3 is 2.25 bits per heavy atom. The number of nitrogens with zero attached hydrogens (tertiary/aromatic N) is 1. The van der Waals surface area contributed by atoms with Crippen molar-refractivity contribution in [2.75, 3.05) is 40.9 Å². The molecule has 0 rings (SSSR count). The number of likely N-dealkylation sites (N-methyl/N-ethyl adjacent to an activating group) is 1. The lowest BCUT2D eigenvalue weighted by molar-refractivity contribution is -0.870. The molecule has 0 aromatic rings. The van der Waals surface area contributed by atoms with Crippen molar-refractivity contribution in [3.8, 4) is 0 Å². The van der Waals surface area contributed by atoms with E-state index in [0.717, 1.165) is 17.6 Å². The molecule has 0 heterocycles. The van der Waals surface area contributed by atoms with Crippen LogP contribution in [0.2, 0.25) is 0 Å². The predicted molar refractivity (Wildman–Crippen MR) is 49.0 cm³/mol. The van der Waals surface area contributed by atoms with Gasteiger partial charge in [-0.15, -0.1) is 0 Å². The van der Waals surface area contributed by atoms with E-state index in [1.54, 1.807) is 6.92 Å². The van der Waals surface area contributed by atoms with Gasteiger partial charge in [-0.1, -0.05) is 0 Å². The second-order valence-corrected chi connectivity index (χ2v) is 4.08. The number of Topliss-reactive ketones (excluding diaryl/α,β-unsaturated/α-hetero) is 1. The molecule has 0 aromatic heterocycles.